The number of para-hydroxylation sites is 1. The molecule has 0 spiro atoms. The van der Waals surface area contributed by atoms with E-state index in [-0.39, 0.29) is 11.3 Å². The van der Waals surface area contributed by atoms with Crippen LogP contribution < -0.4 is 10.1 Å². The number of aromatic hydroxyl groups is 1. The first kappa shape index (κ1) is 13.2. The van der Waals surface area contributed by atoms with Gasteiger partial charge in [-0.25, -0.2) is 0 Å². The van der Waals surface area contributed by atoms with E-state index in [1.165, 1.54) is 19.2 Å². The van der Waals surface area contributed by atoms with Gasteiger partial charge in [-0.05, 0) is 24.3 Å². The van der Waals surface area contributed by atoms with Crippen LogP contribution in [0, 0.1) is 0 Å². The molecule has 0 saturated carbocycles. The van der Waals surface area contributed by atoms with Gasteiger partial charge in [-0.1, -0.05) is 23.7 Å². The Morgan fingerprint density at radius 2 is 2.00 bits per heavy atom. The molecule has 0 aliphatic rings. The number of nitrogens with one attached hydrogen (secondary N) is 1. The molecule has 0 bridgehead atoms. The topological polar surface area (TPSA) is 58.6 Å². The van der Waals surface area contributed by atoms with Gasteiger partial charge in [0.15, 0.2) is 0 Å². The van der Waals surface area contributed by atoms with Crippen LogP contribution in [-0.2, 0) is 0 Å². The Labute approximate surface area is 115 Å². The summed E-state index contributed by atoms with van der Waals surface area (Å²) in [5.74, 6) is -0.107. The van der Waals surface area contributed by atoms with Gasteiger partial charge in [-0.3, -0.25) is 4.79 Å². The van der Waals surface area contributed by atoms with Crippen molar-refractivity contribution >= 4 is 23.2 Å². The van der Waals surface area contributed by atoms with E-state index in [9.17, 15) is 9.90 Å². The van der Waals surface area contributed by atoms with E-state index >= 15 is 0 Å². The molecule has 0 saturated heterocycles. The third-order valence-corrected chi connectivity index (χ3v) is 2.90. The molecular weight excluding hydrogens is 266 g/mol. The number of amides is 1. The van der Waals surface area contributed by atoms with Gasteiger partial charge in [0.2, 0.25) is 0 Å². The van der Waals surface area contributed by atoms with E-state index in [2.05, 4.69) is 5.32 Å². The monoisotopic (exact) mass is 277 g/mol. The van der Waals surface area contributed by atoms with Crippen LogP contribution in [0.3, 0.4) is 0 Å². The highest BCUT2D eigenvalue weighted by Crippen LogP contribution is 2.26. The summed E-state index contributed by atoms with van der Waals surface area (Å²) in [6, 6.07) is 11.3. The fourth-order valence-electron chi connectivity index (χ4n) is 1.58. The first-order chi connectivity index (χ1) is 9.11. The van der Waals surface area contributed by atoms with Crippen LogP contribution in [0.25, 0.3) is 0 Å². The van der Waals surface area contributed by atoms with E-state index in [1.54, 1.807) is 30.3 Å². The van der Waals surface area contributed by atoms with E-state index in [4.69, 9.17) is 16.3 Å². The van der Waals surface area contributed by atoms with Crippen molar-refractivity contribution in [3.8, 4) is 11.5 Å². The summed E-state index contributed by atoms with van der Waals surface area (Å²) in [5.41, 5.74) is 0.644. The summed E-state index contributed by atoms with van der Waals surface area (Å²) in [7, 11) is 1.48. The molecule has 4 nitrogen and oxygen atoms in total. The standard InChI is InChI=1S/C14H12ClNO3/c1-19-9-6-7-10(13(17)8-9)14(18)16-12-5-3-2-4-11(12)15/h2-8,17H,1H3,(H,16,18). The quantitative estimate of drug-likeness (QED) is 0.905. The molecule has 2 aromatic carbocycles. The average molecular weight is 278 g/mol. The van der Waals surface area contributed by atoms with Crippen LogP contribution in [0.2, 0.25) is 5.02 Å². The summed E-state index contributed by atoms with van der Waals surface area (Å²) >= 11 is 5.95. The number of halogens is 1. The second-order valence-electron chi connectivity index (χ2n) is 3.82. The van der Waals surface area contributed by atoms with Crippen molar-refractivity contribution in [3.05, 3.63) is 53.1 Å². The van der Waals surface area contributed by atoms with Crippen LogP contribution in [-0.4, -0.2) is 18.1 Å². The highest BCUT2D eigenvalue weighted by molar-refractivity contribution is 6.33. The molecule has 1 amide bonds. The lowest BCUT2D eigenvalue weighted by Gasteiger charge is -2.09. The lowest BCUT2D eigenvalue weighted by molar-refractivity contribution is 0.102. The number of phenols is 1. The molecule has 2 rings (SSSR count). The first-order valence-corrected chi connectivity index (χ1v) is 5.92. The first-order valence-electron chi connectivity index (χ1n) is 5.54. The molecule has 19 heavy (non-hydrogen) atoms. The van der Waals surface area contributed by atoms with Crippen LogP contribution in [0.4, 0.5) is 5.69 Å². The van der Waals surface area contributed by atoms with Gasteiger partial charge >= 0.3 is 0 Å². The van der Waals surface area contributed by atoms with E-state index < -0.39 is 5.91 Å². The Kier molecular flexibility index (Phi) is 3.92. The summed E-state index contributed by atoms with van der Waals surface area (Å²) in [4.78, 5) is 12.0. The minimum atomic E-state index is -0.437. The number of anilines is 1. The van der Waals surface area contributed by atoms with Crippen molar-refractivity contribution in [1.82, 2.24) is 0 Å². The maximum atomic E-state index is 12.0. The predicted octanol–water partition coefficient (Wildman–Crippen LogP) is 3.31. The number of hydrogen-bond acceptors (Lipinski definition) is 3. The Bertz CT molecular complexity index is 613. The molecule has 0 aliphatic carbocycles. The minimum Gasteiger partial charge on any atom is -0.507 e. The fourth-order valence-corrected chi connectivity index (χ4v) is 1.77. The zero-order chi connectivity index (χ0) is 13.8. The summed E-state index contributed by atoms with van der Waals surface area (Å²) < 4.78 is 4.95. The molecule has 2 N–H and O–H groups in total. The second kappa shape index (κ2) is 5.63. The van der Waals surface area contributed by atoms with Crippen molar-refractivity contribution < 1.29 is 14.6 Å². The highest BCUT2D eigenvalue weighted by Gasteiger charge is 2.13. The lowest BCUT2D eigenvalue weighted by Crippen LogP contribution is -2.12. The van der Waals surface area contributed by atoms with Gasteiger partial charge < -0.3 is 15.2 Å². The number of methoxy groups -OCH3 is 1. The average Bonchev–Trinajstić information content (AvgIpc) is 2.41. The Morgan fingerprint density at radius 1 is 1.26 bits per heavy atom. The van der Waals surface area contributed by atoms with Crippen LogP contribution in [0.5, 0.6) is 11.5 Å². The van der Waals surface area contributed by atoms with Gasteiger partial charge in [0.05, 0.1) is 23.4 Å². The molecule has 98 valence electrons. The summed E-state index contributed by atoms with van der Waals surface area (Å²) in [6.45, 7) is 0. The maximum absolute atomic E-state index is 12.0. The van der Waals surface area contributed by atoms with Gasteiger partial charge in [0.25, 0.3) is 5.91 Å². The zero-order valence-corrected chi connectivity index (χ0v) is 10.9. The Hall–Kier alpha value is -2.20. The Morgan fingerprint density at radius 3 is 2.63 bits per heavy atom. The normalized spacial score (nSPS) is 10.0. The molecule has 0 atom stereocenters. The van der Waals surface area contributed by atoms with Gasteiger partial charge in [-0.15, -0.1) is 0 Å². The van der Waals surface area contributed by atoms with E-state index in [1.807, 2.05) is 0 Å². The molecule has 0 radical (unpaired) electrons. The van der Waals surface area contributed by atoms with Crippen LogP contribution in [0.15, 0.2) is 42.5 Å². The summed E-state index contributed by atoms with van der Waals surface area (Å²) in [6.07, 6.45) is 0. The SMILES string of the molecule is COc1ccc(C(=O)Nc2ccccc2Cl)c(O)c1. The van der Waals surface area contributed by atoms with Crippen molar-refractivity contribution in [2.75, 3.05) is 12.4 Å². The van der Waals surface area contributed by atoms with Gasteiger partial charge in [0.1, 0.15) is 11.5 Å². The molecule has 5 heteroatoms. The molecule has 0 fully saturated rings. The number of rotatable bonds is 3. The maximum Gasteiger partial charge on any atom is 0.259 e. The summed E-state index contributed by atoms with van der Waals surface area (Å²) in [5, 5.41) is 12.8. The predicted molar refractivity (Wildman–Crippen MR) is 74.1 cm³/mol. The minimum absolute atomic E-state index is 0.149. The van der Waals surface area contributed by atoms with E-state index in [0.29, 0.717) is 16.5 Å². The molecule has 0 aromatic heterocycles. The molecule has 0 aliphatic heterocycles. The largest absolute Gasteiger partial charge is 0.507 e. The lowest BCUT2D eigenvalue weighted by atomic mass is 10.1. The van der Waals surface area contributed by atoms with Crippen molar-refractivity contribution in [3.63, 3.8) is 0 Å². The number of carbonyl (C=O) groups excluding carboxylic acids is 1. The van der Waals surface area contributed by atoms with Crippen LogP contribution >= 0.6 is 11.6 Å². The number of ether oxygens (including phenoxy) is 1. The fraction of sp³-hybridized carbons (Fsp3) is 0.0714. The smallest absolute Gasteiger partial charge is 0.259 e. The van der Waals surface area contributed by atoms with Crippen LogP contribution in [0.1, 0.15) is 10.4 Å². The third kappa shape index (κ3) is 2.98. The van der Waals surface area contributed by atoms with E-state index in [0.717, 1.165) is 0 Å². The third-order valence-electron chi connectivity index (χ3n) is 2.57. The van der Waals surface area contributed by atoms with Crippen molar-refractivity contribution in [2.24, 2.45) is 0 Å². The number of phenolic OH excluding ortho intramolecular Hbond substituents is 1. The highest BCUT2D eigenvalue weighted by atomic mass is 35.5. The van der Waals surface area contributed by atoms with Crippen molar-refractivity contribution in [1.29, 1.82) is 0 Å². The molecule has 2 aromatic rings. The molecule has 0 heterocycles. The second-order valence-corrected chi connectivity index (χ2v) is 4.22. The number of hydrogen-bond donors (Lipinski definition) is 2. The zero-order valence-electron chi connectivity index (χ0n) is 10.2. The molecular formula is C14H12ClNO3. The Balaban J connectivity index is 2.23. The number of benzene rings is 2. The van der Waals surface area contributed by atoms with Crippen molar-refractivity contribution in [2.45, 2.75) is 0 Å². The van der Waals surface area contributed by atoms with Gasteiger partial charge in [-0.2, -0.15) is 0 Å². The van der Waals surface area contributed by atoms with Gasteiger partial charge in [0, 0.05) is 6.07 Å². The number of carbonyl (C=O) groups is 1. The molecule has 0 unspecified atom stereocenters.